The summed E-state index contributed by atoms with van der Waals surface area (Å²) in [5.74, 6) is 0.596. The lowest BCUT2D eigenvalue weighted by Crippen LogP contribution is -2.27. The summed E-state index contributed by atoms with van der Waals surface area (Å²) in [5.41, 5.74) is 2.04. The van der Waals surface area contributed by atoms with Crippen molar-refractivity contribution in [2.75, 3.05) is 35.4 Å². The molecule has 7 nitrogen and oxygen atoms in total. The second-order valence-corrected chi connectivity index (χ2v) is 8.29. The van der Waals surface area contributed by atoms with Crippen LogP contribution in [0.25, 0.3) is 0 Å². The second-order valence-electron chi connectivity index (χ2n) is 6.63. The van der Waals surface area contributed by atoms with Crippen molar-refractivity contribution in [1.29, 1.82) is 0 Å². The molecule has 0 aliphatic carbocycles. The van der Waals surface area contributed by atoms with E-state index < -0.39 is 6.03 Å². The molecule has 0 saturated heterocycles. The van der Waals surface area contributed by atoms with E-state index in [-0.39, 0.29) is 5.91 Å². The van der Waals surface area contributed by atoms with Crippen LogP contribution in [0.4, 0.5) is 21.9 Å². The Labute approximate surface area is 206 Å². The molecule has 0 heterocycles. The molecule has 0 aliphatic rings. The number of carbonyl (C=O) groups excluding carboxylic acids is 2. The molecule has 3 aromatic carbocycles. The smallest absolute Gasteiger partial charge is 0.336 e. The maximum Gasteiger partial charge on any atom is 0.336 e. The van der Waals surface area contributed by atoms with E-state index in [1.54, 1.807) is 36.4 Å². The van der Waals surface area contributed by atoms with Gasteiger partial charge in [0.25, 0.3) is 5.91 Å². The number of urea groups is 1. The van der Waals surface area contributed by atoms with E-state index >= 15 is 0 Å². The molecule has 172 valence electrons. The van der Waals surface area contributed by atoms with Crippen molar-refractivity contribution in [3.05, 3.63) is 71.2 Å². The molecule has 3 rings (SSSR count). The molecule has 0 spiro atoms. The van der Waals surface area contributed by atoms with Gasteiger partial charge in [-0.15, -0.1) is 11.8 Å². The molecular formula is C23H22ClN3O4S2. The number of benzene rings is 3. The molecule has 0 saturated carbocycles. The third-order valence-corrected chi connectivity index (χ3v) is 6.13. The number of nitrogens with zero attached hydrogens (tertiary/aromatic N) is 1. The molecule has 2 N–H and O–H groups in total. The zero-order valence-electron chi connectivity index (χ0n) is 18.1. The van der Waals surface area contributed by atoms with E-state index in [1.807, 2.05) is 24.5 Å². The lowest BCUT2D eigenvalue weighted by Gasteiger charge is -2.19. The van der Waals surface area contributed by atoms with Gasteiger partial charge in [0.15, 0.2) is 0 Å². The summed E-state index contributed by atoms with van der Waals surface area (Å²) in [6.45, 7) is 0. The van der Waals surface area contributed by atoms with Gasteiger partial charge in [-0.2, -0.15) is 0 Å². The highest BCUT2D eigenvalue weighted by Crippen LogP contribution is 2.36. The van der Waals surface area contributed by atoms with Crippen molar-refractivity contribution in [1.82, 2.24) is 0 Å². The number of amides is 3. The van der Waals surface area contributed by atoms with Gasteiger partial charge in [-0.25, -0.2) is 9.10 Å². The van der Waals surface area contributed by atoms with Gasteiger partial charge in [-0.05, 0) is 48.7 Å². The molecule has 10 heteroatoms. The molecule has 0 radical (unpaired) electrons. The standard InChI is InChI=1S/C23H22ClN3O4S2/c1-30-19-13-20(31-2)18(12-17(19)24)26-23(29)27(32)15-10-8-14(9-11-15)25-22(28)16-6-4-5-7-21(16)33-3/h4-13,32H,1-3H3,(H,25,28)(H,26,29). The number of nitrogens with one attached hydrogen (secondary N) is 2. The fourth-order valence-corrected chi connectivity index (χ4v) is 3.98. The zero-order valence-corrected chi connectivity index (χ0v) is 20.6. The number of hydrogen-bond donors (Lipinski definition) is 3. The number of halogens is 1. The Hall–Kier alpha value is -3.01. The quantitative estimate of drug-likeness (QED) is 0.263. The van der Waals surface area contributed by atoms with Gasteiger partial charge in [-0.3, -0.25) is 4.79 Å². The average Bonchev–Trinajstić information content (AvgIpc) is 2.84. The third kappa shape index (κ3) is 5.87. The van der Waals surface area contributed by atoms with Gasteiger partial charge in [0.1, 0.15) is 11.5 Å². The second kappa shape index (κ2) is 11.2. The highest BCUT2D eigenvalue weighted by atomic mass is 35.5. The van der Waals surface area contributed by atoms with Crippen LogP contribution in [0.2, 0.25) is 5.02 Å². The molecule has 0 atom stereocenters. The first kappa shape index (κ1) is 24.6. The molecular weight excluding hydrogens is 482 g/mol. The van der Waals surface area contributed by atoms with E-state index in [9.17, 15) is 9.59 Å². The topological polar surface area (TPSA) is 79.9 Å². The van der Waals surface area contributed by atoms with Gasteiger partial charge in [0.2, 0.25) is 0 Å². The molecule has 0 bridgehead atoms. The maximum absolute atomic E-state index is 12.7. The Morgan fingerprint density at radius 2 is 1.64 bits per heavy atom. The molecule has 0 aromatic heterocycles. The van der Waals surface area contributed by atoms with E-state index in [4.69, 9.17) is 21.1 Å². The first-order valence-corrected chi connectivity index (χ1v) is 11.6. The largest absolute Gasteiger partial charge is 0.495 e. The lowest BCUT2D eigenvalue weighted by atomic mass is 10.2. The number of carbonyl (C=O) groups is 2. The molecule has 3 amide bonds. The van der Waals surface area contributed by atoms with E-state index in [0.717, 1.165) is 9.20 Å². The van der Waals surface area contributed by atoms with Crippen LogP contribution in [0.3, 0.4) is 0 Å². The number of thiol groups is 1. The number of anilines is 3. The van der Waals surface area contributed by atoms with Crippen LogP contribution in [0, 0.1) is 0 Å². The Bertz CT molecular complexity index is 1160. The monoisotopic (exact) mass is 503 g/mol. The fraction of sp³-hybridized carbons (Fsp3) is 0.130. The number of ether oxygens (including phenoxy) is 2. The van der Waals surface area contributed by atoms with Crippen LogP contribution < -0.4 is 24.4 Å². The van der Waals surface area contributed by atoms with Gasteiger partial charge in [0.05, 0.1) is 36.2 Å². The normalized spacial score (nSPS) is 10.3. The highest BCUT2D eigenvalue weighted by molar-refractivity contribution is 7.98. The molecule has 33 heavy (non-hydrogen) atoms. The maximum atomic E-state index is 12.7. The van der Waals surface area contributed by atoms with Crippen LogP contribution in [0.15, 0.2) is 65.6 Å². The van der Waals surface area contributed by atoms with Crippen LogP contribution in [-0.2, 0) is 0 Å². The van der Waals surface area contributed by atoms with Crippen LogP contribution in [0.1, 0.15) is 10.4 Å². The lowest BCUT2D eigenvalue weighted by molar-refractivity contribution is 0.102. The van der Waals surface area contributed by atoms with Gasteiger partial charge in [0, 0.05) is 16.6 Å². The van der Waals surface area contributed by atoms with Crippen molar-refractivity contribution in [2.45, 2.75) is 4.90 Å². The van der Waals surface area contributed by atoms with Crippen LogP contribution in [-0.4, -0.2) is 32.4 Å². The van der Waals surface area contributed by atoms with Crippen LogP contribution >= 0.6 is 36.2 Å². The summed E-state index contributed by atoms with van der Waals surface area (Å²) in [7, 11) is 2.96. The Kier molecular flexibility index (Phi) is 8.37. The van der Waals surface area contributed by atoms with Crippen molar-refractivity contribution >= 4 is 65.2 Å². The summed E-state index contributed by atoms with van der Waals surface area (Å²) in [6, 6.07) is 16.7. The predicted octanol–water partition coefficient (Wildman–Crippen LogP) is 6.21. The number of hydrogen-bond acceptors (Lipinski definition) is 6. The number of thioether (sulfide) groups is 1. The number of rotatable bonds is 7. The Morgan fingerprint density at radius 1 is 0.970 bits per heavy atom. The van der Waals surface area contributed by atoms with Crippen molar-refractivity contribution in [3.63, 3.8) is 0 Å². The molecule has 3 aromatic rings. The van der Waals surface area contributed by atoms with Crippen molar-refractivity contribution < 1.29 is 19.1 Å². The molecule has 0 aliphatic heterocycles. The Morgan fingerprint density at radius 3 is 2.27 bits per heavy atom. The minimum absolute atomic E-state index is 0.211. The summed E-state index contributed by atoms with van der Waals surface area (Å²) < 4.78 is 11.6. The summed E-state index contributed by atoms with van der Waals surface area (Å²) in [6.07, 6.45) is 1.92. The van der Waals surface area contributed by atoms with Crippen molar-refractivity contribution in [2.24, 2.45) is 0 Å². The van der Waals surface area contributed by atoms with Crippen LogP contribution in [0.5, 0.6) is 11.5 Å². The summed E-state index contributed by atoms with van der Waals surface area (Å²) in [4.78, 5) is 26.2. The predicted molar refractivity (Wildman–Crippen MR) is 138 cm³/mol. The van der Waals surface area contributed by atoms with E-state index in [2.05, 4.69) is 23.4 Å². The molecule has 0 unspecified atom stereocenters. The zero-order chi connectivity index (χ0) is 24.0. The highest BCUT2D eigenvalue weighted by Gasteiger charge is 2.17. The summed E-state index contributed by atoms with van der Waals surface area (Å²) >= 11 is 12.0. The number of methoxy groups -OCH3 is 2. The Balaban J connectivity index is 1.70. The van der Waals surface area contributed by atoms with Gasteiger partial charge >= 0.3 is 6.03 Å². The SMILES string of the molecule is COc1cc(OC)c(NC(=O)N(S)c2ccc(NC(=O)c3ccccc3SC)cc2)cc1Cl. The minimum atomic E-state index is -0.524. The van der Waals surface area contributed by atoms with Gasteiger partial charge in [-0.1, -0.05) is 36.5 Å². The fourth-order valence-electron chi connectivity index (χ4n) is 2.96. The minimum Gasteiger partial charge on any atom is -0.495 e. The van der Waals surface area contributed by atoms with Crippen molar-refractivity contribution in [3.8, 4) is 11.5 Å². The first-order chi connectivity index (χ1) is 15.9. The summed E-state index contributed by atoms with van der Waals surface area (Å²) in [5, 5.41) is 5.89. The van der Waals surface area contributed by atoms with E-state index in [0.29, 0.717) is 39.1 Å². The molecule has 0 fully saturated rings. The van der Waals surface area contributed by atoms with E-state index in [1.165, 1.54) is 32.0 Å². The first-order valence-electron chi connectivity index (χ1n) is 9.63. The van der Waals surface area contributed by atoms with Gasteiger partial charge < -0.3 is 20.1 Å². The third-order valence-electron chi connectivity index (χ3n) is 4.63. The average molecular weight is 504 g/mol.